The van der Waals surface area contributed by atoms with Gasteiger partial charge in [0.05, 0.1) is 12.2 Å². The van der Waals surface area contributed by atoms with Crippen molar-refractivity contribution in [2.45, 2.75) is 56.0 Å². The van der Waals surface area contributed by atoms with Crippen LogP contribution in [0.3, 0.4) is 0 Å². The van der Waals surface area contributed by atoms with Crippen molar-refractivity contribution in [2.24, 2.45) is 0 Å². The van der Waals surface area contributed by atoms with Gasteiger partial charge in [-0.05, 0) is 55.6 Å². The van der Waals surface area contributed by atoms with Crippen molar-refractivity contribution < 1.29 is 4.74 Å². The van der Waals surface area contributed by atoms with Crippen molar-refractivity contribution in [3.05, 3.63) is 71.8 Å². The Hall–Kier alpha value is -1.60. The molecule has 1 heteroatoms. The summed E-state index contributed by atoms with van der Waals surface area (Å²) in [6.45, 7) is 0.903. The normalized spacial score (nSPS) is 31.1. The van der Waals surface area contributed by atoms with Crippen LogP contribution in [0, 0.1) is 0 Å². The maximum atomic E-state index is 6.46. The zero-order valence-electron chi connectivity index (χ0n) is 13.8. The molecule has 1 heterocycles. The molecular weight excluding hydrogens is 280 g/mol. The van der Waals surface area contributed by atoms with Crippen LogP contribution in [0.2, 0.25) is 0 Å². The lowest BCUT2D eigenvalue weighted by molar-refractivity contribution is -0.110. The summed E-state index contributed by atoms with van der Waals surface area (Å²) in [5, 5.41) is 0. The van der Waals surface area contributed by atoms with Crippen LogP contribution in [0.4, 0.5) is 0 Å². The van der Waals surface area contributed by atoms with Crippen LogP contribution in [-0.4, -0.2) is 12.2 Å². The van der Waals surface area contributed by atoms with Gasteiger partial charge in [0, 0.05) is 5.92 Å². The Bertz CT molecular complexity index is 542. The Morgan fingerprint density at radius 2 is 1.13 bits per heavy atom. The minimum Gasteiger partial charge on any atom is -0.374 e. The maximum absolute atomic E-state index is 6.46. The first-order valence-corrected chi connectivity index (χ1v) is 9.09. The van der Waals surface area contributed by atoms with Crippen molar-refractivity contribution in [3.8, 4) is 0 Å². The van der Waals surface area contributed by atoms with Gasteiger partial charge >= 0.3 is 0 Å². The molecule has 0 N–H and O–H groups in total. The molecule has 0 aromatic heterocycles. The lowest BCUT2D eigenvalue weighted by atomic mass is 9.72. The Morgan fingerprint density at radius 3 is 1.61 bits per heavy atom. The van der Waals surface area contributed by atoms with Gasteiger partial charge in [-0.25, -0.2) is 0 Å². The fraction of sp³-hybridized carbons (Fsp3) is 0.455. The second-order valence-electron chi connectivity index (χ2n) is 7.33. The molecule has 0 amide bonds. The third-order valence-corrected chi connectivity index (χ3v) is 5.98. The van der Waals surface area contributed by atoms with Crippen molar-refractivity contribution >= 4 is 0 Å². The zero-order valence-corrected chi connectivity index (χ0v) is 13.8. The molecule has 2 aromatic rings. The first-order valence-electron chi connectivity index (χ1n) is 9.09. The van der Waals surface area contributed by atoms with E-state index in [0.29, 0.717) is 5.92 Å². The van der Waals surface area contributed by atoms with Crippen LogP contribution in [0.1, 0.15) is 61.5 Å². The Kier molecular flexibility index (Phi) is 4.22. The molecule has 2 aliphatic rings. The highest BCUT2D eigenvalue weighted by Crippen LogP contribution is 2.46. The van der Waals surface area contributed by atoms with Gasteiger partial charge in [0.25, 0.3) is 0 Å². The quantitative estimate of drug-likeness (QED) is 0.694. The molecule has 1 saturated carbocycles. The molecule has 4 rings (SSSR count). The Labute approximate surface area is 139 Å². The highest BCUT2D eigenvalue weighted by molar-refractivity contribution is 5.22. The molecule has 2 aromatic carbocycles. The third kappa shape index (κ3) is 3.21. The lowest BCUT2D eigenvalue weighted by Gasteiger charge is -2.45. The van der Waals surface area contributed by atoms with Crippen molar-refractivity contribution in [2.75, 3.05) is 6.61 Å². The standard InChI is InChI=1S/C22H26O/c1-3-7-18(8-4-1)20-11-14-22(15-12-20)16-13-21(17-23-22)19-9-5-2-6-10-19/h1-10,20-21H,11-17H2. The van der Waals surface area contributed by atoms with E-state index in [4.69, 9.17) is 4.74 Å². The van der Waals surface area contributed by atoms with Crippen LogP contribution < -0.4 is 0 Å². The molecular formula is C22H26O. The molecule has 1 nitrogen and oxygen atoms in total. The summed E-state index contributed by atoms with van der Waals surface area (Å²) in [6, 6.07) is 21.9. The summed E-state index contributed by atoms with van der Waals surface area (Å²) < 4.78 is 6.46. The second kappa shape index (κ2) is 6.49. The van der Waals surface area contributed by atoms with E-state index in [2.05, 4.69) is 60.7 Å². The number of hydrogen-bond donors (Lipinski definition) is 0. The summed E-state index contributed by atoms with van der Waals surface area (Å²) >= 11 is 0. The van der Waals surface area contributed by atoms with Crippen LogP contribution in [0.5, 0.6) is 0 Å². The third-order valence-electron chi connectivity index (χ3n) is 5.98. The van der Waals surface area contributed by atoms with Crippen molar-refractivity contribution in [1.29, 1.82) is 0 Å². The van der Waals surface area contributed by atoms with Crippen LogP contribution in [-0.2, 0) is 4.74 Å². The Morgan fingerprint density at radius 1 is 0.652 bits per heavy atom. The SMILES string of the molecule is c1ccc(C2CCC3(CC2)CCC(c2ccccc2)CO3)cc1. The fourth-order valence-corrected chi connectivity index (χ4v) is 4.46. The van der Waals surface area contributed by atoms with Gasteiger partial charge in [-0.15, -0.1) is 0 Å². The maximum Gasteiger partial charge on any atom is 0.0683 e. The second-order valence-corrected chi connectivity index (χ2v) is 7.33. The number of rotatable bonds is 2. The predicted octanol–water partition coefficient (Wildman–Crippen LogP) is 5.68. The van der Waals surface area contributed by atoms with Gasteiger partial charge in [-0.1, -0.05) is 60.7 Å². The van der Waals surface area contributed by atoms with Gasteiger partial charge in [-0.2, -0.15) is 0 Å². The van der Waals surface area contributed by atoms with Gasteiger partial charge in [0.2, 0.25) is 0 Å². The molecule has 0 radical (unpaired) electrons. The monoisotopic (exact) mass is 306 g/mol. The van der Waals surface area contributed by atoms with E-state index in [9.17, 15) is 0 Å². The fourth-order valence-electron chi connectivity index (χ4n) is 4.46. The average Bonchev–Trinajstić information content (AvgIpc) is 2.65. The lowest BCUT2D eigenvalue weighted by Crippen LogP contribution is -2.41. The Balaban J connectivity index is 1.36. The molecule has 1 unspecified atom stereocenters. The first kappa shape index (κ1) is 15.0. The average molecular weight is 306 g/mol. The van der Waals surface area contributed by atoms with Crippen LogP contribution >= 0.6 is 0 Å². The highest BCUT2D eigenvalue weighted by atomic mass is 16.5. The number of benzene rings is 2. The highest BCUT2D eigenvalue weighted by Gasteiger charge is 2.40. The molecule has 1 aliphatic heterocycles. The van der Waals surface area contributed by atoms with Gasteiger partial charge < -0.3 is 4.74 Å². The van der Waals surface area contributed by atoms with Gasteiger partial charge in [0.1, 0.15) is 0 Å². The van der Waals surface area contributed by atoms with E-state index in [-0.39, 0.29) is 5.60 Å². The molecule has 1 atom stereocenters. The predicted molar refractivity (Wildman–Crippen MR) is 94.8 cm³/mol. The minimum atomic E-state index is 0.177. The molecule has 1 spiro atoms. The van der Waals surface area contributed by atoms with E-state index < -0.39 is 0 Å². The smallest absolute Gasteiger partial charge is 0.0683 e. The van der Waals surface area contributed by atoms with Crippen LogP contribution in [0.15, 0.2) is 60.7 Å². The first-order chi connectivity index (χ1) is 11.3. The molecule has 2 fully saturated rings. The summed E-state index contributed by atoms with van der Waals surface area (Å²) in [5.74, 6) is 1.32. The van der Waals surface area contributed by atoms with Gasteiger partial charge in [-0.3, -0.25) is 0 Å². The zero-order chi connectivity index (χ0) is 15.5. The number of hydrogen-bond acceptors (Lipinski definition) is 1. The summed E-state index contributed by atoms with van der Waals surface area (Å²) in [6.07, 6.45) is 7.52. The molecule has 23 heavy (non-hydrogen) atoms. The van der Waals surface area contributed by atoms with Crippen molar-refractivity contribution in [1.82, 2.24) is 0 Å². The minimum absolute atomic E-state index is 0.177. The molecule has 1 saturated heterocycles. The van der Waals surface area contributed by atoms with E-state index in [0.717, 1.165) is 12.5 Å². The summed E-state index contributed by atoms with van der Waals surface area (Å²) in [4.78, 5) is 0. The molecule has 1 aliphatic carbocycles. The van der Waals surface area contributed by atoms with E-state index in [1.54, 1.807) is 0 Å². The summed E-state index contributed by atoms with van der Waals surface area (Å²) in [7, 11) is 0. The van der Waals surface area contributed by atoms with Crippen molar-refractivity contribution in [3.63, 3.8) is 0 Å². The van der Waals surface area contributed by atoms with Gasteiger partial charge in [0.15, 0.2) is 0 Å². The van der Waals surface area contributed by atoms with E-state index in [1.807, 2.05) is 0 Å². The number of ether oxygens (including phenoxy) is 1. The van der Waals surface area contributed by atoms with E-state index >= 15 is 0 Å². The largest absolute Gasteiger partial charge is 0.374 e. The summed E-state index contributed by atoms with van der Waals surface area (Å²) in [5.41, 5.74) is 3.14. The molecule has 120 valence electrons. The topological polar surface area (TPSA) is 9.23 Å². The molecule has 0 bridgehead atoms. The van der Waals surface area contributed by atoms with Crippen LogP contribution in [0.25, 0.3) is 0 Å². The van der Waals surface area contributed by atoms with E-state index in [1.165, 1.54) is 49.7 Å².